The molecule has 4 nitrogen and oxygen atoms in total. The summed E-state index contributed by atoms with van der Waals surface area (Å²) in [6.07, 6.45) is 0.0881. The van der Waals surface area contributed by atoms with Crippen molar-refractivity contribution >= 4 is 0 Å². The van der Waals surface area contributed by atoms with E-state index in [0.29, 0.717) is 26.4 Å². The third-order valence-electron chi connectivity index (χ3n) is 2.66. The molecule has 102 valence electrons. The van der Waals surface area contributed by atoms with Crippen LogP contribution in [0.4, 0.5) is 0 Å². The molecule has 0 aliphatic carbocycles. The minimum absolute atomic E-state index is 0.0881. The molecule has 0 radical (unpaired) electrons. The Morgan fingerprint density at radius 1 is 1.33 bits per heavy atom. The lowest BCUT2D eigenvalue weighted by atomic mass is 10.1. The number of ether oxygens (including phenoxy) is 3. The van der Waals surface area contributed by atoms with Gasteiger partial charge in [-0.2, -0.15) is 0 Å². The van der Waals surface area contributed by atoms with Gasteiger partial charge in [-0.3, -0.25) is 0 Å². The molecular weight excluding hydrogens is 230 g/mol. The molecule has 0 aromatic heterocycles. The molecule has 0 bridgehead atoms. The average Bonchev–Trinajstić information content (AvgIpc) is 2.42. The minimum Gasteiger partial charge on any atom is -0.496 e. The largest absolute Gasteiger partial charge is 0.496 e. The Balaban J connectivity index is 2.52. The maximum Gasteiger partial charge on any atom is 0.123 e. The van der Waals surface area contributed by atoms with Gasteiger partial charge in [-0.25, -0.2) is 0 Å². The molecule has 0 aliphatic heterocycles. The van der Waals surface area contributed by atoms with E-state index in [9.17, 15) is 0 Å². The van der Waals surface area contributed by atoms with Crippen molar-refractivity contribution in [3.63, 3.8) is 0 Å². The first kappa shape index (κ1) is 15.0. The Kier molecular flexibility index (Phi) is 6.72. The molecule has 1 rings (SSSR count). The summed E-state index contributed by atoms with van der Waals surface area (Å²) in [6, 6.07) is 5.96. The molecule has 0 saturated heterocycles. The molecule has 0 amide bonds. The van der Waals surface area contributed by atoms with Gasteiger partial charge >= 0.3 is 0 Å². The lowest BCUT2D eigenvalue weighted by Gasteiger charge is -2.14. The van der Waals surface area contributed by atoms with Crippen molar-refractivity contribution in [3.05, 3.63) is 29.3 Å². The zero-order valence-electron chi connectivity index (χ0n) is 11.4. The van der Waals surface area contributed by atoms with E-state index in [0.717, 1.165) is 16.9 Å². The lowest BCUT2D eigenvalue weighted by molar-refractivity contribution is -0.0117. The monoisotopic (exact) mass is 253 g/mol. The Morgan fingerprint density at radius 3 is 2.72 bits per heavy atom. The fraction of sp³-hybridized carbons (Fsp3) is 0.571. The van der Waals surface area contributed by atoms with Crippen LogP contribution in [0.5, 0.6) is 5.75 Å². The first-order valence-corrected chi connectivity index (χ1v) is 6.26. The third kappa shape index (κ3) is 4.64. The van der Waals surface area contributed by atoms with Crippen LogP contribution in [-0.2, 0) is 22.6 Å². The number of benzene rings is 1. The topological polar surface area (TPSA) is 53.7 Å². The molecule has 0 spiro atoms. The van der Waals surface area contributed by atoms with E-state index in [-0.39, 0.29) is 6.10 Å². The van der Waals surface area contributed by atoms with E-state index in [1.54, 1.807) is 7.11 Å². The summed E-state index contributed by atoms with van der Waals surface area (Å²) < 4.78 is 16.3. The van der Waals surface area contributed by atoms with Gasteiger partial charge in [0.25, 0.3) is 0 Å². The molecule has 1 unspecified atom stereocenters. The fourth-order valence-electron chi connectivity index (χ4n) is 1.62. The molecule has 1 aromatic carbocycles. The second kappa shape index (κ2) is 8.08. The van der Waals surface area contributed by atoms with Gasteiger partial charge in [0.1, 0.15) is 5.75 Å². The summed E-state index contributed by atoms with van der Waals surface area (Å²) in [5, 5.41) is 0. The van der Waals surface area contributed by atoms with E-state index in [4.69, 9.17) is 19.9 Å². The van der Waals surface area contributed by atoms with Gasteiger partial charge in [0.2, 0.25) is 0 Å². The number of rotatable bonds is 8. The van der Waals surface area contributed by atoms with E-state index >= 15 is 0 Å². The second-order valence-electron chi connectivity index (χ2n) is 4.13. The maximum absolute atomic E-state index is 5.69. The lowest BCUT2D eigenvalue weighted by Crippen LogP contribution is -2.15. The number of nitrogens with two attached hydrogens (primary N) is 1. The van der Waals surface area contributed by atoms with Gasteiger partial charge in [-0.15, -0.1) is 0 Å². The highest BCUT2D eigenvalue weighted by molar-refractivity contribution is 5.37. The summed E-state index contributed by atoms with van der Waals surface area (Å²) >= 11 is 0. The van der Waals surface area contributed by atoms with Crippen molar-refractivity contribution in [3.8, 4) is 5.75 Å². The van der Waals surface area contributed by atoms with Gasteiger partial charge in [0, 0.05) is 18.7 Å². The van der Waals surface area contributed by atoms with E-state index < -0.39 is 0 Å². The molecule has 1 aromatic rings. The molecule has 4 heteroatoms. The van der Waals surface area contributed by atoms with Gasteiger partial charge in [-0.1, -0.05) is 12.1 Å². The van der Waals surface area contributed by atoms with Crippen LogP contribution in [0.1, 0.15) is 25.0 Å². The Labute approximate surface area is 109 Å². The summed E-state index contributed by atoms with van der Waals surface area (Å²) in [5.41, 5.74) is 7.71. The SMILES string of the molecule is CCOCC(C)OCc1ccc(CN)c(OC)c1. The van der Waals surface area contributed by atoms with Crippen molar-refractivity contribution in [2.45, 2.75) is 33.1 Å². The van der Waals surface area contributed by atoms with Crippen LogP contribution in [0.3, 0.4) is 0 Å². The first-order chi connectivity index (χ1) is 8.71. The van der Waals surface area contributed by atoms with Gasteiger partial charge < -0.3 is 19.9 Å². The van der Waals surface area contributed by atoms with Crippen molar-refractivity contribution < 1.29 is 14.2 Å². The van der Waals surface area contributed by atoms with Crippen LogP contribution < -0.4 is 10.5 Å². The van der Waals surface area contributed by atoms with Crippen LogP contribution in [0.15, 0.2) is 18.2 Å². The van der Waals surface area contributed by atoms with Crippen LogP contribution in [-0.4, -0.2) is 26.4 Å². The summed E-state index contributed by atoms with van der Waals surface area (Å²) in [4.78, 5) is 0. The average molecular weight is 253 g/mol. The molecule has 0 fully saturated rings. The smallest absolute Gasteiger partial charge is 0.123 e. The van der Waals surface area contributed by atoms with Crippen LogP contribution in [0.2, 0.25) is 0 Å². The van der Waals surface area contributed by atoms with Gasteiger partial charge in [0.05, 0.1) is 26.4 Å². The fourth-order valence-corrected chi connectivity index (χ4v) is 1.62. The standard InChI is InChI=1S/C14H23NO3/c1-4-17-9-11(2)18-10-12-5-6-13(8-15)14(7-12)16-3/h5-7,11H,4,8-10,15H2,1-3H3. The third-order valence-corrected chi connectivity index (χ3v) is 2.66. The highest BCUT2D eigenvalue weighted by atomic mass is 16.5. The second-order valence-corrected chi connectivity index (χ2v) is 4.13. The van der Waals surface area contributed by atoms with Gasteiger partial charge in [0.15, 0.2) is 0 Å². The molecule has 0 saturated carbocycles. The summed E-state index contributed by atoms with van der Waals surface area (Å²) in [6.45, 7) is 6.34. The molecular formula is C14H23NO3. The minimum atomic E-state index is 0.0881. The molecule has 0 heterocycles. The highest BCUT2D eigenvalue weighted by Gasteiger charge is 2.06. The van der Waals surface area contributed by atoms with Crippen LogP contribution >= 0.6 is 0 Å². The number of methoxy groups -OCH3 is 1. The number of hydrogen-bond donors (Lipinski definition) is 1. The molecule has 2 N–H and O–H groups in total. The molecule has 0 aliphatic rings. The maximum atomic E-state index is 5.69. The quantitative estimate of drug-likeness (QED) is 0.771. The van der Waals surface area contributed by atoms with Crippen LogP contribution in [0.25, 0.3) is 0 Å². The van der Waals surface area contributed by atoms with Crippen molar-refractivity contribution in [1.29, 1.82) is 0 Å². The predicted molar refractivity (Wildman–Crippen MR) is 71.6 cm³/mol. The van der Waals surface area contributed by atoms with E-state index in [2.05, 4.69) is 0 Å². The summed E-state index contributed by atoms with van der Waals surface area (Å²) in [5.74, 6) is 0.816. The Hall–Kier alpha value is -1.10. The van der Waals surface area contributed by atoms with Crippen LogP contribution in [0, 0.1) is 0 Å². The Morgan fingerprint density at radius 2 is 2.11 bits per heavy atom. The Bertz CT molecular complexity index is 355. The number of hydrogen-bond acceptors (Lipinski definition) is 4. The molecule has 18 heavy (non-hydrogen) atoms. The zero-order chi connectivity index (χ0) is 13.4. The highest BCUT2D eigenvalue weighted by Crippen LogP contribution is 2.20. The van der Waals surface area contributed by atoms with E-state index in [1.807, 2.05) is 32.0 Å². The normalized spacial score (nSPS) is 12.4. The van der Waals surface area contributed by atoms with Crippen molar-refractivity contribution in [1.82, 2.24) is 0 Å². The molecule has 1 atom stereocenters. The van der Waals surface area contributed by atoms with Crippen molar-refractivity contribution in [2.75, 3.05) is 20.3 Å². The van der Waals surface area contributed by atoms with Crippen molar-refractivity contribution in [2.24, 2.45) is 5.73 Å². The predicted octanol–water partition coefficient (Wildman–Crippen LogP) is 2.10. The zero-order valence-corrected chi connectivity index (χ0v) is 11.4. The first-order valence-electron chi connectivity index (χ1n) is 6.26. The van der Waals surface area contributed by atoms with Gasteiger partial charge in [-0.05, 0) is 25.5 Å². The van der Waals surface area contributed by atoms with E-state index in [1.165, 1.54) is 0 Å². The summed E-state index contributed by atoms with van der Waals surface area (Å²) in [7, 11) is 1.65.